The molecule has 182 valence electrons. The summed E-state index contributed by atoms with van der Waals surface area (Å²) in [4.78, 5) is 27.9. The van der Waals surface area contributed by atoms with Gasteiger partial charge in [-0.3, -0.25) is 4.79 Å². The smallest absolute Gasteiger partial charge is 0.280 e. The molecular formula is C22H30N8O3S. The van der Waals surface area contributed by atoms with Crippen molar-refractivity contribution in [1.82, 2.24) is 28.9 Å². The molecule has 12 heteroatoms. The van der Waals surface area contributed by atoms with Gasteiger partial charge in [-0.1, -0.05) is 0 Å². The highest BCUT2D eigenvalue weighted by atomic mass is 32.2. The SMILES string of the molecule is N#CCCC(=O)N1CCC(CCNS(=O)(=O)N2CCN(c3ncnc4[nH]ccc34)CC23CC3)C1. The number of aromatic nitrogens is 3. The van der Waals surface area contributed by atoms with Crippen molar-refractivity contribution in [2.24, 2.45) is 5.92 Å². The summed E-state index contributed by atoms with van der Waals surface area (Å²) < 4.78 is 30.8. The van der Waals surface area contributed by atoms with Crippen LogP contribution in [0.3, 0.4) is 0 Å². The third-order valence-electron chi connectivity index (χ3n) is 7.26. The van der Waals surface area contributed by atoms with E-state index in [0.717, 1.165) is 36.1 Å². The first-order valence-corrected chi connectivity index (χ1v) is 13.3. The highest BCUT2D eigenvalue weighted by molar-refractivity contribution is 7.87. The van der Waals surface area contributed by atoms with E-state index in [-0.39, 0.29) is 30.2 Å². The molecule has 2 aromatic heterocycles. The first-order valence-electron chi connectivity index (χ1n) is 11.9. The van der Waals surface area contributed by atoms with Crippen LogP contribution in [-0.4, -0.2) is 83.3 Å². The Morgan fingerprint density at radius 1 is 1.29 bits per heavy atom. The quantitative estimate of drug-likeness (QED) is 0.567. The number of nitrogens with one attached hydrogen (secondary N) is 2. The number of fused-ring (bicyclic) bond motifs is 1. The molecule has 11 nitrogen and oxygen atoms in total. The van der Waals surface area contributed by atoms with E-state index in [0.29, 0.717) is 45.7 Å². The van der Waals surface area contributed by atoms with Gasteiger partial charge in [-0.15, -0.1) is 0 Å². The van der Waals surface area contributed by atoms with Crippen LogP contribution < -0.4 is 9.62 Å². The van der Waals surface area contributed by atoms with E-state index in [9.17, 15) is 13.2 Å². The molecule has 2 aliphatic heterocycles. The predicted octanol–water partition coefficient (Wildman–Crippen LogP) is 0.989. The summed E-state index contributed by atoms with van der Waals surface area (Å²) in [6.45, 7) is 3.29. The Morgan fingerprint density at radius 2 is 2.15 bits per heavy atom. The molecule has 1 amide bonds. The fourth-order valence-corrected chi connectivity index (χ4v) is 6.87. The third kappa shape index (κ3) is 4.47. The molecule has 4 heterocycles. The zero-order chi connectivity index (χ0) is 23.8. The van der Waals surface area contributed by atoms with E-state index in [1.54, 1.807) is 15.5 Å². The van der Waals surface area contributed by atoms with Crippen LogP contribution in [0.25, 0.3) is 11.0 Å². The molecule has 34 heavy (non-hydrogen) atoms. The van der Waals surface area contributed by atoms with E-state index in [1.165, 1.54) is 0 Å². The lowest BCUT2D eigenvalue weighted by Gasteiger charge is -2.41. The fraction of sp³-hybridized carbons (Fsp3) is 0.636. The second-order valence-corrected chi connectivity index (χ2v) is 11.2. The minimum absolute atomic E-state index is 0.0128. The number of hydrogen-bond donors (Lipinski definition) is 2. The maximum atomic E-state index is 13.2. The van der Waals surface area contributed by atoms with E-state index >= 15 is 0 Å². The van der Waals surface area contributed by atoms with Crippen molar-refractivity contribution in [2.75, 3.05) is 44.2 Å². The van der Waals surface area contributed by atoms with Crippen LogP contribution in [0.5, 0.6) is 0 Å². The third-order valence-corrected chi connectivity index (χ3v) is 8.98. The van der Waals surface area contributed by atoms with E-state index in [2.05, 4.69) is 24.6 Å². The number of amides is 1. The Bertz CT molecular complexity index is 1200. The van der Waals surface area contributed by atoms with Gasteiger partial charge in [-0.2, -0.15) is 18.0 Å². The molecule has 5 rings (SSSR count). The average molecular weight is 487 g/mol. The van der Waals surface area contributed by atoms with Gasteiger partial charge in [-0.25, -0.2) is 14.7 Å². The van der Waals surface area contributed by atoms with Crippen LogP contribution in [0.1, 0.15) is 38.5 Å². The van der Waals surface area contributed by atoms with Gasteiger partial charge >= 0.3 is 0 Å². The standard InChI is InChI=1S/C22H30N8O3S/c23-8-1-2-19(31)28-11-5-17(14-28)3-10-27-34(32,33)30-13-12-29(15-22(30)6-7-22)21-18-4-9-24-20(18)25-16-26-21/h4,9,16-17,27H,1-3,5-7,10-15H2,(H,24,25,26). The van der Waals surface area contributed by atoms with Crippen LogP contribution in [0.2, 0.25) is 0 Å². The predicted molar refractivity (Wildman–Crippen MR) is 126 cm³/mol. The zero-order valence-electron chi connectivity index (χ0n) is 19.1. The molecular weight excluding hydrogens is 456 g/mol. The lowest BCUT2D eigenvalue weighted by atomic mass is 10.1. The number of piperazine rings is 1. The Kier molecular flexibility index (Phi) is 6.18. The second-order valence-electron chi connectivity index (χ2n) is 9.50. The van der Waals surface area contributed by atoms with Gasteiger partial charge in [0, 0.05) is 58.3 Å². The Hall–Kier alpha value is -2.75. The van der Waals surface area contributed by atoms with Crippen LogP contribution >= 0.6 is 0 Å². The molecule has 1 atom stereocenters. The number of carbonyl (C=O) groups excluding carboxylic acids is 1. The summed E-state index contributed by atoms with van der Waals surface area (Å²) in [5, 5.41) is 9.61. The molecule has 0 aromatic carbocycles. The number of likely N-dealkylation sites (tertiary alicyclic amines) is 1. The minimum atomic E-state index is -3.60. The maximum absolute atomic E-state index is 13.2. The number of nitrogens with zero attached hydrogens (tertiary/aromatic N) is 6. The Morgan fingerprint density at radius 3 is 2.94 bits per heavy atom. The molecule has 0 radical (unpaired) electrons. The first kappa shape index (κ1) is 23.0. The number of hydrogen-bond acceptors (Lipinski definition) is 7. The largest absolute Gasteiger partial charge is 0.353 e. The summed E-state index contributed by atoms with van der Waals surface area (Å²) >= 11 is 0. The van der Waals surface area contributed by atoms with Crippen LogP contribution in [0, 0.1) is 17.2 Å². The molecule has 2 N–H and O–H groups in total. The summed E-state index contributed by atoms with van der Waals surface area (Å²) in [6.07, 6.45) is 7.13. The molecule has 2 aromatic rings. The van der Waals surface area contributed by atoms with Gasteiger partial charge in [0.05, 0.1) is 17.0 Å². The average Bonchev–Trinajstić information content (AvgIpc) is 3.23. The first-order chi connectivity index (χ1) is 16.4. The lowest BCUT2D eigenvalue weighted by Crippen LogP contribution is -2.59. The summed E-state index contributed by atoms with van der Waals surface area (Å²) in [5.41, 5.74) is 0.401. The number of carbonyl (C=O) groups is 1. The second kappa shape index (κ2) is 9.13. The van der Waals surface area contributed by atoms with Gasteiger partial charge in [-0.05, 0) is 37.7 Å². The van der Waals surface area contributed by atoms with Gasteiger partial charge in [0.25, 0.3) is 10.2 Å². The van der Waals surface area contributed by atoms with Gasteiger partial charge in [0.2, 0.25) is 5.91 Å². The number of H-pyrrole nitrogens is 1. The van der Waals surface area contributed by atoms with Crippen molar-refractivity contribution in [3.05, 3.63) is 18.6 Å². The van der Waals surface area contributed by atoms with Gasteiger partial charge in [0.1, 0.15) is 17.8 Å². The molecule has 3 fully saturated rings. The molecule has 1 aliphatic carbocycles. The molecule has 0 bridgehead atoms. The van der Waals surface area contributed by atoms with Crippen LogP contribution in [0.4, 0.5) is 5.82 Å². The summed E-state index contributed by atoms with van der Waals surface area (Å²) in [7, 11) is -3.60. The van der Waals surface area contributed by atoms with Crippen LogP contribution in [0.15, 0.2) is 18.6 Å². The van der Waals surface area contributed by atoms with Crippen molar-refractivity contribution in [3.8, 4) is 6.07 Å². The van der Waals surface area contributed by atoms with E-state index in [1.807, 2.05) is 18.3 Å². The molecule has 1 saturated carbocycles. The van der Waals surface area contributed by atoms with Gasteiger partial charge in [0.15, 0.2) is 0 Å². The number of anilines is 1. The Balaban J connectivity index is 1.16. The highest BCUT2D eigenvalue weighted by Crippen LogP contribution is 2.46. The summed E-state index contributed by atoms with van der Waals surface area (Å²) in [5.74, 6) is 1.14. The van der Waals surface area contributed by atoms with Gasteiger partial charge < -0.3 is 14.8 Å². The number of rotatable bonds is 8. The summed E-state index contributed by atoms with van der Waals surface area (Å²) in [6, 6.07) is 3.96. The van der Waals surface area contributed by atoms with Crippen molar-refractivity contribution >= 4 is 33.0 Å². The van der Waals surface area contributed by atoms with Crippen LogP contribution in [-0.2, 0) is 15.0 Å². The minimum Gasteiger partial charge on any atom is -0.353 e. The maximum Gasteiger partial charge on any atom is 0.280 e. The van der Waals surface area contributed by atoms with Crippen molar-refractivity contribution in [3.63, 3.8) is 0 Å². The zero-order valence-corrected chi connectivity index (χ0v) is 19.9. The molecule has 3 aliphatic rings. The van der Waals surface area contributed by atoms with Crippen molar-refractivity contribution in [2.45, 2.75) is 44.1 Å². The molecule has 1 spiro atoms. The monoisotopic (exact) mass is 486 g/mol. The van der Waals surface area contributed by atoms with Crippen molar-refractivity contribution < 1.29 is 13.2 Å². The normalized spacial score (nSPS) is 22.4. The number of nitriles is 1. The lowest BCUT2D eigenvalue weighted by molar-refractivity contribution is -0.130. The number of aromatic amines is 1. The van der Waals surface area contributed by atoms with E-state index in [4.69, 9.17) is 5.26 Å². The molecule has 2 saturated heterocycles. The van der Waals surface area contributed by atoms with Crippen molar-refractivity contribution in [1.29, 1.82) is 5.26 Å². The fourth-order valence-electron chi connectivity index (χ4n) is 5.27. The highest BCUT2D eigenvalue weighted by Gasteiger charge is 2.56. The Labute approximate surface area is 199 Å². The van der Waals surface area contributed by atoms with E-state index < -0.39 is 10.2 Å². The topological polar surface area (TPSA) is 138 Å². The molecule has 1 unspecified atom stereocenters.